The first kappa shape index (κ1) is 22.7. The van der Waals surface area contributed by atoms with Gasteiger partial charge >= 0.3 is 5.97 Å². The largest absolute Gasteiger partial charge is 0.463 e. The van der Waals surface area contributed by atoms with Gasteiger partial charge in [-0.25, -0.2) is 9.78 Å². The van der Waals surface area contributed by atoms with E-state index < -0.39 is 12.0 Å². The Labute approximate surface area is 197 Å². The van der Waals surface area contributed by atoms with Gasteiger partial charge in [0.25, 0.3) is 0 Å². The number of terminal acetylenes is 1. The number of carbonyl (C=O) groups is 2. The van der Waals surface area contributed by atoms with E-state index in [2.05, 4.69) is 21.1 Å². The van der Waals surface area contributed by atoms with E-state index in [-0.39, 0.29) is 6.61 Å². The molecule has 4 rings (SSSR count). The number of nitrogens with one attached hydrogen (secondary N) is 1. The maximum absolute atomic E-state index is 13.2. The molecule has 1 unspecified atom stereocenters. The van der Waals surface area contributed by atoms with Crippen molar-refractivity contribution in [3.63, 3.8) is 0 Å². The van der Waals surface area contributed by atoms with Crippen molar-refractivity contribution in [3.05, 3.63) is 63.2 Å². The third-order valence-electron chi connectivity index (χ3n) is 5.60. The molecule has 0 radical (unpaired) electrons. The summed E-state index contributed by atoms with van der Waals surface area (Å²) in [4.78, 5) is 37.5. The number of esters is 1. The Morgan fingerprint density at radius 3 is 2.79 bits per heavy atom. The zero-order valence-electron chi connectivity index (χ0n) is 18.4. The summed E-state index contributed by atoms with van der Waals surface area (Å²) in [5.74, 6) is 2.88. The lowest BCUT2D eigenvalue weighted by atomic mass is 9.92. The van der Waals surface area contributed by atoms with Crippen molar-refractivity contribution in [1.29, 1.82) is 0 Å². The second-order valence-corrected chi connectivity index (χ2v) is 8.50. The summed E-state index contributed by atoms with van der Waals surface area (Å²) < 4.78 is 5.44. The Bertz CT molecular complexity index is 1110. The van der Waals surface area contributed by atoms with Crippen molar-refractivity contribution in [2.75, 3.05) is 39.3 Å². The summed E-state index contributed by atoms with van der Waals surface area (Å²) >= 11 is 1.47. The van der Waals surface area contributed by atoms with Gasteiger partial charge in [0.05, 0.1) is 12.2 Å². The average Bonchev–Trinajstić information content (AvgIpc) is 3.39. The SMILES string of the molecule is C#Cc1ccccc1C1N=C(c2nccs2)NC(CN2CCN(C=O)CC2)=C1C(=O)OCC. The van der Waals surface area contributed by atoms with E-state index in [9.17, 15) is 9.59 Å². The van der Waals surface area contributed by atoms with E-state index >= 15 is 0 Å². The molecule has 170 valence electrons. The lowest BCUT2D eigenvalue weighted by Crippen LogP contribution is -2.48. The van der Waals surface area contributed by atoms with Crippen LogP contribution >= 0.6 is 11.3 Å². The first-order valence-electron chi connectivity index (χ1n) is 10.8. The van der Waals surface area contributed by atoms with E-state index in [4.69, 9.17) is 16.2 Å². The molecule has 2 aliphatic rings. The number of aromatic nitrogens is 1. The first-order valence-corrected chi connectivity index (χ1v) is 11.6. The number of amides is 1. The zero-order valence-corrected chi connectivity index (χ0v) is 19.2. The zero-order chi connectivity index (χ0) is 23.2. The highest BCUT2D eigenvalue weighted by Gasteiger charge is 2.34. The number of benzene rings is 1. The molecule has 1 amide bonds. The fourth-order valence-electron chi connectivity index (χ4n) is 3.96. The molecule has 0 saturated carbocycles. The molecule has 1 atom stereocenters. The van der Waals surface area contributed by atoms with E-state index in [1.54, 1.807) is 18.0 Å². The van der Waals surface area contributed by atoms with E-state index in [1.165, 1.54) is 11.3 Å². The van der Waals surface area contributed by atoms with Crippen LogP contribution in [0.3, 0.4) is 0 Å². The molecule has 0 spiro atoms. The highest BCUT2D eigenvalue weighted by atomic mass is 32.1. The van der Waals surface area contributed by atoms with Crippen LogP contribution < -0.4 is 5.32 Å². The number of amidine groups is 1. The van der Waals surface area contributed by atoms with Crippen LogP contribution in [0.25, 0.3) is 0 Å². The molecule has 1 fully saturated rings. The Morgan fingerprint density at radius 2 is 2.12 bits per heavy atom. The summed E-state index contributed by atoms with van der Waals surface area (Å²) in [5, 5.41) is 5.96. The molecule has 0 bridgehead atoms. The quantitative estimate of drug-likeness (QED) is 0.383. The van der Waals surface area contributed by atoms with Gasteiger partial charge in [0.2, 0.25) is 6.41 Å². The number of aliphatic imine (C=N–C) groups is 1. The third-order valence-corrected chi connectivity index (χ3v) is 6.38. The van der Waals surface area contributed by atoms with Gasteiger partial charge in [0.1, 0.15) is 6.04 Å². The number of nitrogens with zero attached hydrogens (tertiary/aromatic N) is 4. The fraction of sp³-hybridized carbons (Fsp3) is 0.333. The van der Waals surface area contributed by atoms with Crippen molar-refractivity contribution >= 4 is 29.6 Å². The number of ether oxygens (including phenoxy) is 1. The van der Waals surface area contributed by atoms with Crippen LogP contribution in [-0.4, -0.2) is 72.3 Å². The van der Waals surface area contributed by atoms with Crippen LogP contribution in [0.1, 0.15) is 29.1 Å². The predicted octanol–water partition coefficient (Wildman–Crippen LogP) is 1.81. The van der Waals surface area contributed by atoms with Crippen LogP contribution in [0, 0.1) is 12.3 Å². The van der Waals surface area contributed by atoms with Crippen LogP contribution in [0.15, 0.2) is 52.1 Å². The molecule has 8 nitrogen and oxygen atoms in total. The summed E-state index contributed by atoms with van der Waals surface area (Å²) in [5.41, 5.74) is 2.59. The predicted molar refractivity (Wildman–Crippen MR) is 127 cm³/mol. The van der Waals surface area contributed by atoms with Crippen LogP contribution in [0.4, 0.5) is 0 Å². The van der Waals surface area contributed by atoms with Gasteiger partial charge in [-0.3, -0.25) is 14.7 Å². The van der Waals surface area contributed by atoms with E-state index in [0.717, 1.165) is 17.0 Å². The van der Waals surface area contributed by atoms with Gasteiger partial charge in [0, 0.05) is 55.6 Å². The van der Waals surface area contributed by atoms with Crippen molar-refractivity contribution < 1.29 is 14.3 Å². The summed E-state index contributed by atoms with van der Waals surface area (Å²) in [7, 11) is 0. The molecule has 9 heteroatoms. The highest BCUT2D eigenvalue weighted by molar-refractivity contribution is 7.11. The van der Waals surface area contributed by atoms with Crippen molar-refractivity contribution in [3.8, 4) is 12.3 Å². The third kappa shape index (κ3) is 4.97. The number of hydrogen-bond acceptors (Lipinski definition) is 8. The normalized spacial score (nSPS) is 18.8. The smallest absolute Gasteiger partial charge is 0.338 e. The monoisotopic (exact) mass is 463 g/mol. The lowest BCUT2D eigenvalue weighted by Gasteiger charge is -2.35. The number of thiazole rings is 1. The lowest BCUT2D eigenvalue weighted by molar-refractivity contribution is -0.139. The highest BCUT2D eigenvalue weighted by Crippen LogP contribution is 2.34. The van der Waals surface area contributed by atoms with E-state index in [1.807, 2.05) is 29.6 Å². The second kappa shape index (κ2) is 10.4. The fourth-order valence-corrected chi connectivity index (χ4v) is 4.55. The molecule has 1 N–H and O–H groups in total. The van der Waals surface area contributed by atoms with E-state index in [0.29, 0.717) is 55.4 Å². The molecule has 1 aromatic carbocycles. The Hall–Kier alpha value is -3.48. The number of carbonyl (C=O) groups excluding carboxylic acids is 2. The van der Waals surface area contributed by atoms with Crippen LogP contribution in [-0.2, 0) is 14.3 Å². The van der Waals surface area contributed by atoms with Gasteiger partial charge in [-0.05, 0) is 18.6 Å². The molecule has 0 aliphatic carbocycles. The van der Waals surface area contributed by atoms with Crippen molar-refractivity contribution in [2.45, 2.75) is 13.0 Å². The minimum absolute atomic E-state index is 0.250. The maximum atomic E-state index is 13.2. The topological polar surface area (TPSA) is 87.1 Å². The van der Waals surface area contributed by atoms with Gasteiger partial charge in [-0.2, -0.15) is 0 Å². The average molecular weight is 464 g/mol. The Morgan fingerprint density at radius 1 is 1.33 bits per heavy atom. The van der Waals surface area contributed by atoms with Crippen molar-refractivity contribution in [1.82, 2.24) is 20.1 Å². The Balaban J connectivity index is 1.78. The number of piperazine rings is 1. The summed E-state index contributed by atoms with van der Waals surface area (Å²) in [6.45, 7) is 5.21. The van der Waals surface area contributed by atoms with Crippen molar-refractivity contribution in [2.24, 2.45) is 4.99 Å². The Kier molecular flexibility index (Phi) is 7.17. The molecule has 2 aliphatic heterocycles. The van der Waals surface area contributed by atoms with Gasteiger partial charge < -0.3 is 15.0 Å². The van der Waals surface area contributed by atoms with Crippen LogP contribution in [0.5, 0.6) is 0 Å². The van der Waals surface area contributed by atoms with Gasteiger partial charge in [-0.1, -0.05) is 24.1 Å². The molecular weight excluding hydrogens is 438 g/mol. The summed E-state index contributed by atoms with van der Waals surface area (Å²) in [6.07, 6.45) is 8.37. The minimum Gasteiger partial charge on any atom is -0.463 e. The molecule has 3 heterocycles. The molecule has 1 aromatic heterocycles. The maximum Gasteiger partial charge on any atom is 0.338 e. The molecule has 2 aromatic rings. The standard InChI is InChI=1S/C24H25N5O3S/c1-3-17-7-5-6-8-18(17)21-20(24(31)32-4-2)19(15-28-10-12-29(16-30)13-11-28)26-22(27-21)23-25-9-14-33-23/h1,5-9,14,16,21H,4,10-13,15H2,2H3,(H,26,27). The minimum atomic E-state index is -0.622. The van der Waals surface area contributed by atoms with Gasteiger partial charge in [-0.15, -0.1) is 17.8 Å². The second-order valence-electron chi connectivity index (χ2n) is 7.60. The first-order chi connectivity index (χ1) is 16.1. The molecular formula is C24H25N5O3S. The van der Waals surface area contributed by atoms with Crippen LogP contribution in [0.2, 0.25) is 0 Å². The summed E-state index contributed by atoms with van der Waals surface area (Å²) in [6, 6.07) is 6.87. The number of hydrogen-bond donors (Lipinski definition) is 1. The molecule has 33 heavy (non-hydrogen) atoms. The van der Waals surface area contributed by atoms with Gasteiger partial charge in [0.15, 0.2) is 10.8 Å². The number of rotatable bonds is 7. The molecule has 1 saturated heterocycles.